The Bertz CT molecular complexity index is 820. The van der Waals surface area contributed by atoms with Crippen molar-refractivity contribution in [3.8, 4) is 0 Å². The maximum Gasteiger partial charge on any atom is 0.265 e. The highest BCUT2D eigenvalue weighted by molar-refractivity contribution is 7.20. The SMILES string of the molecule is O=C(Nc1cnc(N2CCCCC2)nc1)c1cc2ccccc2s1. The highest BCUT2D eigenvalue weighted by atomic mass is 32.1. The van der Waals surface area contributed by atoms with Gasteiger partial charge in [0.25, 0.3) is 5.91 Å². The van der Waals surface area contributed by atoms with Crippen molar-refractivity contribution in [2.75, 3.05) is 23.3 Å². The largest absolute Gasteiger partial charge is 0.341 e. The Labute approximate surface area is 144 Å². The van der Waals surface area contributed by atoms with E-state index in [1.807, 2.05) is 30.3 Å². The average Bonchev–Trinajstić information content (AvgIpc) is 3.07. The van der Waals surface area contributed by atoms with Crippen molar-refractivity contribution in [2.45, 2.75) is 19.3 Å². The number of anilines is 2. The lowest BCUT2D eigenvalue weighted by atomic mass is 10.1. The Morgan fingerprint density at radius 1 is 1.08 bits per heavy atom. The first-order valence-corrected chi connectivity index (χ1v) is 8.98. The fourth-order valence-corrected chi connectivity index (χ4v) is 3.89. The second kappa shape index (κ2) is 6.57. The molecule has 4 rings (SSSR count). The van der Waals surface area contributed by atoms with Gasteiger partial charge in [-0.05, 0) is 36.8 Å². The summed E-state index contributed by atoms with van der Waals surface area (Å²) in [6.07, 6.45) is 7.02. The predicted octanol–water partition coefficient (Wildman–Crippen LogP) is 3.93. The van der Waals surface area contributed by atoms with Crippen LogP contribution >= 0.6 is 11.3 Å². The number of carbonyl (C=O) groups excluding carboxylic acids is 1. The number of amides is 1. The molecule has 2 aromatic heterocycles. The van der Waals surface area contributed by atoms with Crippen LogP contribution in [0.15, 0.2) is 42.7 Å². The highest BCUT2D eigenvalue weighted by Crippen LogP contribution is 2.26. The van der Waals surface area contributed by atoms with Crippen LogP contribution in [0, 0.1) is 0 Å². The number of thiophene rings is 1. The molecular formula is C18H18N4OS. The zero-order valence-electron chi connectivity index (χ0n) is 13.2. The average molecular weight is 338 g/mol. The fraction of sp³-hybridized carbons (Fsp3) is 0.278. The molecule has 3 heterocycles. The number of rotatable bonds is 3. The van der Waals surface area contributed by atoms with Crippen LogP contribution in [0.4, 0.5) is 11.6 Å². The molecule has 0 unspecified atom stereocenters. The first kappa shape index (κ1) is 15.1. The third kappa shape index (κ3) is 3.10. The molecule has 122 valence electrons. The van der Waals surface area contributed by atoms with E-state index in [-0.39, 0.29) is 5.91 Å². The summed E-state index contributed by atoms with van der Waals surface area (Å²) in [6, 6.07) is 9.91. The number of fused-ring (bicyclic) bond motifs is 1. The third-order valence-corrected chi connectivity index (χ3v) is 5.30. The molecule has 3 aromatic rings. The summed E-state index contributed by atoms with van der Waals surface area (Å²) in [7, 11) is 0. The fourth-order valence-electron chi connectivity index (χ4n) is 2.93. The number of nitrogens with zero attached hydrogens (tertiary/aromatic N) is 3. The van der Waals surface area contributed by atoms with Crippen LogP contribution < -0.4 is 10.2 Å². The Balaban J connectivity index is 1.47. The minimum atomic E-state index is -0.120. The molecule has 1 fully saturated rings. The van der Waals surface area contributed by atoms with Crippen LogP contribution in [-0.4, -0.2) is 29.0 Å². The molecule has 0 radical (unpaired) electrons. The maximum absolute atomic E-state index is 12.4. The van der Waals surface area contributed by atoms with Crippen LogP contribution in [0.2, 0.25) is 0 Å². The van der Waals surface area contributed by atoms with Gasteiger partial charge in [0.1, 0.15) is 0 Å². The monoisotopic (exact) mass is 338 g/mol. The van der Waals surface area contributed by atoms with Gasteiger partial charge in [-0.25, -0.2) is 9.97 Å². The van der Waals surface area contributed by atoms with E-state index in [1.165, 1.54) is 30.6 Å². The summed E-state index contributed by atoms with van der Waals surface area (Å²) in [5.41, 5.74) is 0.623. The van der Waals surface area contributed by atoms with Gasteiger partial charge in [0.2, 0.25) is 5.95 Å². The van der Waals surface area contributed by atoms with E-state index in [2.05, 4.69) is 20.2 Å². The van der Waals surface area contributed by atoms with E-state index in [9.17, 15) is 4.79 Å². The molecule has 1 amide bonds. The van der Waals surface area contributed by atoms with Gasteiger partial charge in [0.05, 0.1) is 23.0 Å². The Hall–Kier alpha value is -2.47. The molecule has 0 saturated carbocycles. The Morgan fingerprint density at radius 2 is 1.83 bits per heavy atom. The molecule has 24 heavy (non-hydrogen) atoms. The van der Waals surface area contributed by atoms with Gasteiger partial charge in [0, 0.05) is 17.8 Å². The number of benzene rings is 1. The van der Waals surface area contributed by atoms with Crippen LogP contribution in [0.25, 0.3) is 10.1 Å². The van der Waals surface area contributed by atoms with E-state index in [4.69, 9.17) is 0 Å². The first-order valence-electron chi connectivity index (χ1n) is 8.16. The first-order chi connectivity index (χ1) is 11.8. The minimum absolute atomic E-state index is 0.120. The van der Waals surface area contributed by atoms with Crippen molar-refractivity contribution in [3.05, 3.63) is 47.6 Å². The van der Waals surface area contributed by atoms with Gasteiger partial charge >= 0.3 is 0 Å². The van der Waals surface area contributed by atoms with Crippen LogP contribution in [0.1, 0.15) is 28.9 Å². The Kier molecular flexibility index (Phi) is 4.13. The summed E-state index contributed by atoms with van der Waals surface area (Å²) in [5.74, 6) is 0.625. The molecule has 5 nitrogen and oxygen atoms in total. The number of hydrogen-bond donors (Lipinski definition) is 1. The van der Waals surface area contributed by atoms with Crippen LogP contribution in [0.3, 0.4) is 0 Å². The van der Waals surface area contributed by atoms with Crippen LogP contribution in [0.5, 0.6) is 0 Å². The lowest BCUT2D eigenvalue weighted by Gasteiger charge is -2.26. The molecule has 1 aliphatic heterocycles. The summed E-state index contributed by atoms with van der Waals surface area (Å²) < 4.78 is 1.11. The normalized spacial score (nSPS) is 14.8. The highest BCUT2D eigenvalue weighted by Gasteiger charge is 2.14. The van der Waals surface area contributed by atoms with Crippen molar-refractivity contribution in [1.82, 2.24) is 9.97 Å². The molecular weight excluding hydrogens is 320 g/mol. The summed E-state index contributed by atoms with van der Waals surface area (Å²) in [4.78, 5) is 24.1. The van der Waals surface area contributed by atoms with E-state index in [1.54, 1.807) is 12.4 Å². The van der Waals surface area contributed by atoms with Gasteiger partial charge < -0.3 is 10.2 Å². The number of piperidine rings is 1. The molecule has 0 bridgehead atoms. The number of aromatic nitrogens is 2. The maximum atomic E-state index is 12.4. The van der Waals surface area contributed by atoms with Crippen molar-refractivity contribution in [1.29, 1.82) is 0 Å². The minimum Gasteiger partial charge on any atom is -0.341 e. The van der Waals surface area contributed by atoms with Crippen molar-refractivity contribution in [3.63, 3.8) is 0 Å². The standard InChI is InChI=1S/C18H18N4OS/c23-17(16-10-13-6-2-3-7-15(13)24-16)21-14-11-19-18(20-12-14)22-8-4-1-5-9-22/h2-3,6-7,10-12H,1,4-5,8-9H2,(H,21,23). The van der Waals surface area contributed by atoms with Crippen molar-refractivity contribution < 1.29 is 4.79 Å². The number of nitrogens with one attached hydrogen (secondary N) is 1. The van der Waals surface area contributed by atoms with Crippen LogP contribution in [-0.2, 0) is 0 Å². The van der Waals surface area contributed by atoms with Gasteiger partial charge in [-0.1, -0.05) is 18.2 Å². The zero-order valence-corrected chi connectivity index (χ0v) is 14.1. The summed E-state index contributed by atoms with van der Waals surface area (Å²) in [6.45, 7) is 2.01. The van der Waals surface area contributed by atoms with Crippen molar-refractivity contribution in [2.24, 2.45) is 0 Å². The quantitative estimate of drug-likeness (QED) is 0.786. The molecule has 1 aliphatic rings. The smallest absolute Gasteiger partial charge is 0.265 e. The Morgan fingerprint density at radius 3 is 2.58 bits per heavy atom. The van der Waals surface area contributed by atoms with E-state index < -0.39 is 0 Å². The van der Waals surface area contributed by atoms with Gasteiger partial charge in [-0.3, -0.25) is 4.79 Å². The van der Waals surface area contributed by atoms with Crippen molar-refractivity contribution >= 4 is 39.0 Å². The molecule has 1 aromatic carbocycles. The van der Waals surface area contributed by atoms with E-state index in [0.717, 1.165) is 29.1 Å². The number of carbonyl (C=O) groups is 1. The molecule has 0 atom stereocenters. The van der Waals surface area contributed by atoms with Gasteiger partial charge in [0.15, 0.2) is 0 Å². The van der Waals surface area contributed by atoms with E-state index >= 15 is 0 Å². The molecule has 6 heteroatoms. The lowest BCUT2D eigenvalue weighted by Crippen LogP contribution is -2.30. The van der Waals surface area contributed by atoms with E-state index in [0.29, 0.717) is 10.6 Å². The zero-order chi connectivity index (χ0) is 16.4. The van der Waals surface area contributed by atoms with Gasteiger partial charge in [-0.15, -0.1) is 11.3 Å². The summed E-state index contributed by atoms with van der Waals surface area (Å²) in [5, 5.41) is 3.96. The third-order valence-electron chi connectivity index (χ3n) is 4.18. The number of hydrogen-bond acceptors (Lipinski definition) is 5. The summed E-state index contributed by atoms with van der Waals surface area (Å²) >= 11 is 1.49. The molecule has 0 spiro atoms. The second-order valence-electron chi connectivity index (χ2n) is 5.92. The van der Waals surface area contributed by atoms with Gasteiger partial charge in [-0.2, -0.15) is 0 Å². The molecule has 1 N–H and O–H groups in total. The predicted molar refractivity (Wildman–Crippen MR) is 97.9 cm³/mol. The lowest BCUT2D eigenvalue weighted by molar-refractivity contribution is 0.103. The molecule has 0 aliphatic carbocycles. The topological polar surface area (TPSA) is 58.1 Å². The second-order valence-corrected chi connectivity index (χ2v) is 7.01. The molecule has 1 saturated heterocycles.